The molecule has 1 N–H and O–H groups in total. The lowest BCUT2D eigenvalue weighted by molar-refractivity contribution is 0.0740. The summed E-state index contributed by atoms with van der Waals surface area (Å²) in [7, 11) is 0. The molecule has 1 aromatic carbocycles. The first-order valence-electron chi connectivity index (χ1n) is 10.6. The molecule has 3 heterocycles. The minimum absolute atomic E-state index is 0.0135. The molecule has 156 valence electrons. The molecule has 8 nitrogen and oxygen atoms in total. The first-order chi connectivity index (χ1) is 14.2. The number of carbonyl (C=O) groups is 1. The Morgan fingerprint density at radius 3 is 2.62 bits per heavy atom. The summed E-state index contributed by atoms with van der Waals surface area (Å²) in [5.74, 6) is 0.885. The van der Waals surface area contributed by atoms with Crippen LogP contribution in [-0.2, 0) is 0 Å². The van der Waals surface area contributed by atoms with Gasteiger partial charge in [-0.2, -0.15) is 0 Å². The van der Waals surface area contributed by atoms with Crippen LogP contribution in [0.4, 0.5) is 5.69 Å². The average molecular weight is 399 g/mol. The highest BCUT2D eigenvalue weighted by Gasteiger charge is 2.28. The van der Waals surface area contributed by atoms with Gasteiger partial charge < -0.3 is 19.9 Å². The molecule has 4 rings (SSSR count). The SMILES string of the molecule is CCOc1ccccc1N1CCN(C(=O)c2nnn(C3CCNCC3)c2C)CC1. The molecule has 2 aromatic rings. The van der Waals surface area contributed by atoms with E-state index in [0.717, 1.165) is 56.2 Å². The van der Waals surface area contributed by atoms with Crippen molar-refractivity contribution in [3.05, 3.63) is 35.7 Å². The van der Waals surface area contributed by atoms with Crippen LogP contribution in [0.15, 0.2) is 24.3 Å². The lowest BCUT2D eigenvalue weighted by Gasteiger charge is -2.36. The second kappa shape index (κ2) is 8.82. The molecule has 29 heavy (non-hydrogen) atoms. The molecule has 0 radical (unpaired) electrons. The largest absolute Gasteiger partial charge is 0.492 e. The number of ether oxygens (including phenoxy) is 1. The number of para-hydroxylation sites is 2. The van der Waals surface area contributed by atoms with Crippen molar-refractivity contribution in [1.82, 2.24) is 25.2 Å². The average Bonchev–Trinajstić information content (AvgIpc) is 3.16. The van der Waals surface area contributed by atoms with Crippen LogP contribution in [0.1, 0.15) is 42.0 Å². The molecule has 8 heteroatoms. The summed E-state index contributed by atoms with van der Waals surface area (Å²) < 4.78 is 7.71. The molecule has 1 amide bonds. The number of piperazine rings is 1. The Morgan fingerprint density at radius 1 is 1.17 bits per heavy atom. The highest BCUT2D eigenvalue weighted by molar-refractivity contribution is 5.93. The maximum atomic E-state index is 13.1. The van der Waals surface area contributed by atoms with Crippen molar-refractivity contribution in [2.45, 2.75) is 32.7 Å². The number of hydrogen-bond acceptors (Lipinski definition) is 6. The summed E-state index contributed by atoms with van der Waals surface area (Å²) in [5.41, 5.74) is 2.47. The summed E-state index contributed by atoms with van der Waals surface area (Å²) in [6.45, 7) is 9.45. The molecule has 0 aliphatic carbocycles. The molecule has 2 aliphatic heterocycles. The van der Waals surface area contributed by atoms with Gasteiger partial charge in [-0.15, -0.1) is 5.10 Å². The van der Waals surface area contributed by atoms with Gasteiger partial charge in [-0.3, -0.25) is 4.79 Å². The van der Waals surface area contributed by atoms with Crippen LogP contribution in [0, 0.1) is 6.92 Å². The maximum Gasteiger partial charge on any atom is 0.276 e. The van der Waals surface area contributed by atoms with E-state index in [4.69, 9.17) is 4.74 Å². The molecular weight excluding hydrogens is 368 g/mol. The number of nitrogens with one attached hydrogen (secondary N) is 1. The van der Waals surface area contributed by atoms with E-state index in [-0.39, 0.29) is 5.91 Å². The van der Waals surface area contributed by atoms with Gasteiger partial charge in [-0.05, 0) is 51.9 Å². The highest BCUT2D eigenvalue weighted by Crippen LogP contribution is 2.29. The standard InChI is InChI=1S/C21H30N6O2/c1-3-29-19-7-5-4-6-18(19)25-12-14-26(15-13-25)21(28)20-16(2)27(24-23-20)17-8-10-22-11-9-17/h4-7,17,22H,3,8-15H2,1-2H3. The number of anilines is 1. The van der Waals surface area contributed by atoms with Crippen LogP contribution < -0.4 is 15.0 Å². The van der Waals surface area contributed by atoms with Crippen molar-refractivity contribution in [1.29, 1.82) is 0 Å². The molecule has 0 bridgehead atoms. The number of hydrogen-bond donors (Lipinski definition) is 1. The molecule has 1 aromatic heterocycles. The highest BCUT2D eigenvalue weighted by atomic mass is 16.5. The smallest absolute Gasteiger partial charge is 0.276 e. The Morgan fingerprint density at radius 2 is 1.90 bits per heavy atom. The summed E-state index contributed by atoms with van der Waals surface area (Å²) in [6.07, 6.45) is 2.05. The van der Waals surface area contributed by atoms with Gasteiger partial charge >= 0.3 is 0 Å². The molecule has 2 fully saturated rings. The molecule has 2 saturated heterocycles. The van der Waals surface area contributed by atoms with Gasteiger partial charge in [-0.1, -0.05) is 17.3 Å². The van der Waals surface area contributed by atoms with Gasteiger partial charge in [0.25, 0.3) is 5.91 Å². The lowest BCUT2D eigenvalue weighted by atomic mass is 10.1. The van der Waals surface area contributed by atoms with Crippen molar-refractivity contribution in [2.24, 2.45) is 0 Å². The van der Waals surface area contributed by atoms with Crippen molar-refractivity contribution < 1.29 is 9.53 Å². The Labute approximate surface area is 171 Å². The number of aromatic nitrogens is 3. The van der Waals surface area contributed by atoms with Crippen molar-refractivity contribution in [3.63, 3.8) is 0 Å². The monoisotopic (exact) mass is 398 g/mol. The van der Waals surface area contributed by atoms with E-state index in [2.05, 4.69) is 26.6 Å². The molecular formula is C21H30N6O2. The number of piperidine rings is 1. The minimum Gasteiger partial charge on any atom is -0.492 e. The second-order valence-electron chi connectivity index (χ2n) is 7.63. The summed E-state index contributed by atoms with van der Waals surface area (Å²) in [4.78, 5) is 17.3. The third-order valence-corrected chi connectivity index (χ3v) is 5.86. The Kier molecular flexibility index (Phi) is 5.99. The van der Waals surface area contributed by atoms with Crippen LogP contribution in [0.5, 0.6) is 5.75 Å². The van der Waals surface area contributed by atoms with E-state index < -0.39 is 0 Å². The van der Waals surface area contributed by atoms with Gasteiger partial charge in [0.2, 0.25) is 0 Å². The van der Waals surface area contributed by atoms with E-state index >= 15 is 0 Å². The normalized spacial score (nSPS) is 18.1. The minimum atomic E-state index is -0.0135. The van der Waals surface area contributed by atoms with Crippen molar-refractivity contribution in [2.75, 3.05) is 50.8 Å². The molecule has 0 saturated carbocycles. The fourth-order valence-electron chi connectivity index (χ4n) is 4.23. The van der Waals surface area contributed by atoms with Gasteiger partial charge in [0.05, 0.1) is 24.0 Å². The fraction of sp³-hybridized carbons (Fsp3) is 0.571. The third-order valence-electron chi connectivity index (χ3n) is 5.86. The van der Waals surface area contributed by atoms with E-state index in [0.29, 0.717) is 31.4 Å². The first-order valence-corrected chi connectivity index (χ1v) is 10.6. The summed E-state index contributed by atoms with van der Waals surface area (Å²) in [5, 5.41) is 11.9. The van der Waals surface area contributed by atoms with Gasteiger partial charge in [0.15, 0.2) is 5.69 Å². The number of rotatable bonds is 5. The zero-order valence-corrected chi connectivity index (χ0v) is 17.3. The summed E-state index contributed by atoms with van der Waals surface area (Å²) in [6, 6.07) is 8.42. The molecule has 0 spiro atoms. The number of carbonyl (C=O) groups excluding carboxylic acids is 1. The van der Waals surface area contributed by atoms with Gasteiger partial charge in [0, 0.05) is 26.2 Å². The third kappa shape index (κ3) is 4.07. The van der Waals surface area contributed by atoms with Gasteiger partial charge in [0.1, 0.15) is 5.75 Å². The quantitative estimate of drug-likeness (QED) is 0.829. The lowest BCUT2D eigenvalue weighted by Crippen LogP contribution is -2.49. The summed E-state index contributed by atoms with van der Waals surface area (Å²) >= 11 is 0. The van der Waals surface area contributed by atoms with Crippen molar-refractivity contribution in [3.8, 4) is 5.75 Å². The predicted molar refractivity (Wildman–Crippen MR) is 112 cm³/mol. The van der Waals surface area contributed by atoms with Crippen LogP contribution in [0.3, 0.4) is 0 Å². The van der Waals surface area contributed by atoms with Crippen LogP contribution in [-0.4, -0.2) is 71.7 Å². The topological polar surface area (TPSA) is 75.5 Å². The fourth-order valence-corrected chi connectivity index (χ4v) is 4.23. The molecule has 0 unspecified atom stereocenters. The molecule has 0 atom stereocenters. The van der Waals surface area contributed by atoms with E-state index in [1.807, 2.05) is 41.6 Å². The Balaban J connectivity index is 1.41. The molecule has 2 aliphatic rings. The Bertz CT molecular complexity index is 837. The number of nitrogens with zero attached hydrogens (tertiary/aromatic N) is 5. The maximum absolute atomic E-state index is 13.1. The van der Waals surface area contributed by atoms with Crippen LogP contribution in [0.25, 0.3) is 0 Å². The zero-order chi connectivity index (χ0) is 20.2. The van der Waals surface area contributed by atoms with Crippen LogP contribution >= 0.6 is 0 Å². The second-order valence-corrected chi connectivity index (χ2v) is 7.63. The van der Waals surface area contributed by atoms with Crippen LogP contribution in [0.2, 0.25) is 0 Å². The zero-order valence-electron chi connectivity index (χ0n) is 17.3. The Hall–Kier alpha value is -2.61. The predicted octanol–water partition coefficient (Wildman–Crippen LogP) is 1.87. The van der Waals surface area contributed by atoms with Gasteiger partial charge in [-0.25, -0.2) is 4.68 Å². The number of benzene rings is 1. The van der Waals surface area contributed by atoms with E-state index in [1.54, 1.807) is 0 Å². The van der Waals surface area contributed by atoms with E-state index in [1.165, 1.54) is 0 Å². The van der Waals surface area contributed by atoms with E-state index in [9.17, 15) is 4.79 Å². The number of amides is 1. The first kappa shape index (κ1) is 19.7. The van der Waals surface area contributed by atoms with Crippen molar-refractivity contribution >= 4 is 11.6 Å².